The summed E-state index contributed by atoms with van der Waals surface area (Å²) in [5.74, 6) is 0.287. The molecule has 0 bridgehead atoms. The molecule has 0 radical (unpaired) electrons. The highest BCUT2D eigenvalue weighted by Gasteiger charge is 2.15. The molecule has 0 aliphatic heterocycles. The van der Waals surface area contributed by atoms with E-state index in [-0.39, 0.29) is 5.02 Å². The average Bonchev–Trinajstić information content (AvgIpc) is 2.81. The summed E-state index contributed by atoms with van der Waals surface area (Å²) < 4.78 is 19.1. The summed E-state index contributed by atoms with van der Waals surface area (Å²) in [5.41, 5.74) is 0.298. The monoisotopic (exact) mass is 254 g/mol. The van der Waals surface area contributed by atoms with Gasteiger partial charge in [0.15, 0.2) is 5.82 Å². The molecule has 0 amide bonds. The predicted molar refractivity (Wildman–Crippen MR) is 64.4 cm³/mol. The molecule has 2 rings (SSSR count). The van der Waals surface area contributed by atoms with Crippen molar-refractivity contribution in [2.75, 3.05) is 0 Å². The number of hydrogen-bond acceptors (Lipinski definition) is 2. The number of benzene rings is 1. The van der Waals surface area contributed by atoms with Crippen LogP contribution in [-0.2, 0) is 0 Å². The Kier molecular flexibility index (Phi) is 3.50. The van der Waals surface area contributed by atoms with Crippen LogP contribution < -0.4 is 0 Å². The molecule has 17 heavy (non-hydrogen) atoms. The maximum atomic E-state index is 13.7. The summed E-state index contributed by atoms with van der Waals surface area (Å²) in [5, 5.41) is 9.65. The van der Waals surface area contributed by atoms with Gasteiger partial charge in [0.1, 0.15) is 17.6 Å². The molecule has 1 atom stereocenters. The molecule has 0 spiro atoms. The predicted octanol–water partition coefficient (Wildman–Crippen LogP) is 4.18. The maximum Gasteiger partial charge on any atom is 0.152 e. The van der Waals surface area contributed by atoms with Gasteiger partial charge in [-0.1, -0.05) is 24.6 Å². The van der Waals surface area contributed by atoms with Crippen molar-refractivity contribution in [2.24, 2.45) is 0 Å². The lowest BCUT2D eigenvalue weighted by atomic mass is 10.1. The second-order valence-electron chi connectivity index (χ2n) is 3.73. The van der Waals surface area contributed by atoms with E-state index in [0.29, 0.717) is 23.5 Å². The van der Waals surface area contributed by atoms with Gasteiger partial charge in [-0.05, 0) is 30.7 Å². The quantitative estimate of drug-likeness (QED) is 0.891. The highest BCUT2D eigenvalue weighted by molar-refractivity contribution is 6.31. The molecule has 90 valence electrons. The SMILES string of the molecule is CCC(O)c1ccc(-c2cccc(Cl)c2F)o1. The van der Waals surface area contributed by atoms with Crippen LogP contribution in [0.3, 0.4) is 0 Å². The van der Waals surface area contributed by atoms with Crippen LogP contribution in [-0.4, -0.2) is 5.11 Å². The van der Waals surface area contributed by atoms with Crippen LogP contribution in [0, 0.1) is 5.82 Å². The number of furan rings is 1. The highest BCUT2D eigenvalue weighted by Crippen LogP contribution is 2.30. The van der Waals surface area contributed by atoms with E-state index in [0.717, 1.165) is 0 Å². The summed E-state index contributed by atoms with van der Waals surface area (Å²) in [4.78, 5) is 0. The molecular weight excluding hydrogens is 243 g/mol. The zero-order chi connectivity index (χ0) is 12.4. The first kappa shape index (κ1) is 12.1. The zero-order valence-corrected chi connectivity index (χ0v) is 10.0. The molecule has 1 aromatic carbocycles. The van der Waals surface area contributed by atoms with Gasteiger partial charge in [-0.3, -0.25) is 0 Å². The third-order valence-corrected chi connectivity index (χ3v) is 2.85. The average molecular weight is 255 g/mol. The second-order valence-corrected chi connectivity index (χ2v) is 4.13. The van der Waals surface area contributed by atoms with Crippen molar-refractivity contribution in [2.45, 2.75) is 19.4 Å². The minimum atomic E-state index is -0.661. The standard InChI is InChI=1S/C13H12ClFO2/c1-2-10(16)12-7-6-11(17-12)8-4-3-5-9(14)13(8)15/h3-7,10,16H,2H2,1H3. The Hall–Kier alpha value is -1.32. The van der Waals surface area contributed by atoms with Gasteiger partial charge in [-0.15, -0.1) is 0 Å². The number of rotatable bonds is 3. The third-order valence-electron chi connectivity index (χ3n) is 2.56. The molecular formula is C13H12ClFO2. The Morgan fingerprint density at radius 1 is 1.35 bits per heavy atom. The first-order valence-electron chi connectivity index (χ1n) is 5.35. The Balaban J connectivity index is 2.40. The van der Waals surface area contributed by atoms with Crippen molar-refractivity contribution in [3.05, 3.63) is 46.9 Å². The summed E-state index contributed by atoms with van der Waals surface area (Å²) in [6.45, 7) is 1.84. The van der Waals surface area contributed by atoms with Crippen molar-refractivity contribution >= 4 is 11.6 Å². The van der Waals surface area contributed by atoms with Gasteiger partial charge < -0.3 is 9.52 Å². The van der Waals surface area contributed by atoms with Crippen LogP contribution in [0.1, 0.15) is 25.2 Å². The van der Waals surface area contributed by atoms with E-state index in [1.807, 2.05) is 6.92 Å². The minimum absolute atomic E-state index is 0.0523. The summed E-state index contributed by atoms with van der Waals surface area (Å²) in [6, 6.07) is 7.99. The van der Waals surface area contributed by atoms with E-state index in [9.17, 15) is 9.50 Å². The Morgan fingerprint density at radius 2 is 2.12 bits per heavy atom. The largest absolute Gasteiger partial charge is 0.458 e. The fraction of sp³-hybridized carbons (Fsp3) is 0.231. The molecule has 2 aromatic rings. The van der Waals surface area contributed by atoms with Gasteiger partial charge in [0.05, 0.1) is 10.6 Å². The van der Waals surface area contributed by atoms with Crippen LogP contribution in [0.25, 0.3) is 11.3 Å². The molecule has 1 aromatic heterocycles. The molecule has 0 saturated heterocycles. The first-order valence-corrected chi connectivity index (χ1v) is 5.73. The highest BCUT2D eigenvalue weighted by atomic mass is 35.5. The zero-order valence-electron chi connectivity index (χ0n) is 9.28. The van der Waals surface area contributed by atoms with E-state index >= 15 is 0 Å². The van der Waals surface area contributed by atoms with Gasteiger partial charge in [-0.2, -0.15) is 0 Å². The second kappa shape index (κ2) is 4.90. The van der Waals surface area contributed by atoms with Crippen LogP contribution in [0.5, 0.6) is 0 Å². The van der Waals surface area contributed by atoms with Crippen LogP contribution >= 0.6 is 11.6 Å². The van der Waals surface area contributed by atoms with E-state index in [4.69, 9.17) is 16.0 Å². The topological polar surface area (TPSA) is 33.4 Å². The van der Waals surface area contributed by atoms with Crippen molar-refractivity contribution in [3.8, 4) is 11.3 Å². The van der Waals surface area contributed by atoms with Crippen LogP contribution in [0.2, 0.25) is 5.02 Å². The Labute approximate surface area is 104 Å². The lowest BCUT2D eigenvalue weighted by Gasteiger charge is -2.04. The summed E-state index contributed by atoms with van der Waals surface area (Å²) in [6.07, 6.45) is -0.115. The van der Waals surface area contributed by atoms with E-state index < -0.39 is 11.9 Å². The third kappa shape index (κ3) is 2.35. The minimum Gasteiger partial charge on any atom is -0.458 e. The van der Waals surface area contributed by atoms with Crippen molar-refractivity contribution in [3.63, 3.8) is 0 Å². The summed E-state index contributed by atoms with van der Waals surface area (Å²) in [7, 11) is 0. The molecule has 0 fully saturated rings. The van der Waals surface area contributed by atoms with Gasteiger partial charge in [0, 0.05) is 0 Å². The van der Waals surface area contributed by atoms with Crippen molar-refractivity contribution in [1.29, 1.82) is 0 Å². The molecule has 1 unspecified atom stereocenters. The van der Waals surface area contributed by atoms with E-state index in [2.05, 4.69) is 0 Å². The fourth-order valence-corrected chi connectivity index (χ4v) is 1.75. The van der Waals surface area contributed by atoms with Gasteiger partial charge in [-0.25, -0.2) is 4.39 Å². The number of halogens is 2. The van der Waals surface area contributed by atoms with Crippen molar-refractivity contribution in [1.82, 2.24) is 0 Å². The lowest BCUT2D eigenvalue weighted by Crippen LogP contribution is -1.91. The Morgan fingerprint density at radius 3 is 2.82 bits per heavy atom. The van der Waals surface area contributed by atoms with Crippen LogP contribution in [0.15, 0.2) is 34.7 Å². The number of aliphatic hydroxyl groups excluding tert-OH is 1. The van der Waals surface area contributed by atoms with Gasteiger partial charge in [0.2, 0.25) is 0 Å². The molecule has 2 nitrogen and oxygen atoms in total. The fourth-order valence-electron chi connectivity index (χ4n) is 1.57. The molecule has 0 aliphatic carbocycles. The van der Waals surface area contributed by atoms with E-state index in [1.54, 1.807) is 24.3 Å². The first-order chi connectivity index (χ1) is 8.13. The number of aliphatic hydroxyl groups is 1. The lowest BCUT2D eigenvalue weighted by molar-refractivity contribution is 0.146. The van der Waals surface area contributed by atoms with Gasteiger partial charge in [0.25, 0.3) is 0 Å². The molecule has 0 saturated carbocycles. The maximum absolute atomic E-state index is 13.7. The normalized spacial score (nSPS) is 12.7. The Bertz CT molecular complexity index is 522. The molecule has 1 N–H and O–H groups in total. The summed E-state index contributed by atoms with van der Waals surface area (Å²) >= 11 is 5.69. The van der Waals surface area contributed by atoms with E-state index in [1.165, 1.54) is 6.07 Å². The molecule has 0 aliphatic rings. The number of hydrogen-bond donors (Lipinski definition) is 1. The van der Waals surface area contributed by atoms with Crippen LogP contribution in [0.4, 0.5) is 4.39 Å². The molecule has 4 heteroatoms. The van der Waals surface area contributed by atoms with Gasteiger partial charge >= 0.3 is 0 Å². The molecule has 1 heterocycles. The smallest absolute Gasteiger partial charge is 0.152 e. The van der Waals surface area contributed by atoms with Crippen molar-refractivity contribution < 1.29 is 13.9 Å².